The topological polar surface area (TPSA) is 55.1 Å². The van der Waals surface area contributed by atoms with E-state index >= 15 is 0 Å². The van der Waals surface area contributed by atoms with Crippen molar-refractivity contribution in [3.63, 3.8) is 0 Å². The molecule has 4 rings (SSSR count). The summed E-state index contributed by atoms with van der Waals surface area (Å²) in [6.45, 7) is 2.77. The average molecular weight is 328 g/mol. The molecule has 1 aliphatic rings. The van der Waals surface area contributed by atoms with E-state index in [9.17, 15) is 0 Å². The Bertz CT molecular complexity index is 836. The minimum atomic E-state index is 0.184. The summed E-state index contributed by atoms with van der Waals surface area (Å²) in [5.41, 5.74) is 2.30. The van der Waals surface area contributed by atoms with Crippen LogP contribution in [0.2, 0.25) is 5.02 Å². The number of aromatic nitrogens is 4. The van der Waals surface area contributed by atoms with E-state index in [1.165, 1.54) is 24.8 Å². The molecule has 1 aromatic carbocycles. The molecule has 0 unspecified atom stereocenters. The summed E-state index contributed by atoms with van der Waals surface area (Å²) in [7, 11) is 0. The van der Waals surface area contributed by atoms with E-state index in [1.54, 1.807) is 4.52 Å². The predicted molar refractivity (Wildman–Crippen MR) is 91.0 cm³/mol. The molecule has 1 saturated carbocycles. The Morgan fingerprint density at radius 1 is 1.13 bits per heavy atom. The van der Waals surface area contributed by atoms with Crippen molar-refractivity contribution in [2.24, 2.45) is 0 Å². The first-order chi connectivity index (χ1) is 11.2. The van der Waals surface area contributed by atoms with Crippen molar-refractivity contribution in [3.8, 4) is 0 Å². The summed E-state index contributed by atoms with van der Waals surface area (Å²) in [6, 6.07) is 12.1. The van der Waals surface area contributed by atoms with Gasteiger partial charge in [0.1, 0.15) is 5.82 Å². The van der Waals surface area contributed by atoms with Gasteiger partial charge in [0.2, 0.25) is 0 Å². The molecular formula is C17H18ClN5. The van der Waals surface area contributed by atoms with Gasteiger partial charge in [-0.25, -0.2) is 0 Å². The van der Waals surface area contributed by atoms with Gasteiger partial charge in [-0.2, -0.15) is 4.52 Å². The molecule has 0 spiro atoms. The lowest BCUT2D eigenvalue weighted by Gasteiger charge is -2.42. The third kappa shape index (κ3) is 2.55. The molecule has 0 atom stereocenters. The van der Waals surface area contributed by atoms with Gasteiger partial charge in [-0.1, -0.05) is 30.2 Å². The van der Waals surface area contributed by atoms with Crippen LogP contribution in [0.25, 0.3) is 5.65 Å². The zero-order valence-electron chi connectivity index (χ0n) is 13.0. The fourth-order valence-electron chi connectivity index (χ4n) is 3.22. The molecule has 0 saturated heterocycles. The molecule has 0 amide bonds. The smallest absolute Gasteiger partial charge is 0.178 e. The lowest BCUT2D eigenvalue weighted by molar-refractivity contribution is 0.260. The van der Waals surface area contributed by atoms with Gasteiger partial charge < -0.3 is 5.32 Å². The van der Waals surface area contributed by atoms with Crippen molar-refractivity contribution in [1.82, 2.24) is 19.8 Å². The first-order valence-electron chi connectivity index (χ1n) is 7.85. The highest BCUT2D eigenvalue weighted by Crippen LogP contribution is 2.44. The Balaban J connectivity index is 1.56. The molecule has 0 radical (unpaired) electrons. The number of aryl methyl sites for hydroxylation is 1. The molecule has 1 N–H and O–H groups in total. The van der Waals surface area contributed by atoms with E-state index < -0.39 is 0 Å². The van der Waals surface area contributed by atoms with Crippen LogP contribution in [-0.4, -0.2) is 26.4 Å². The van der Waals surface area contributed by atoms with Crippen LogP contribution < -0.4 is 5.32 Å². The summed E-state index contributed by atoms with van der Waals surface area (Å²) < 4.78 is 1.76. The van der Waals surface area contributed by atoms with E-state index in [2.05, 4.69) is 32.7 Å². The second-order valence-electron chi connectivity index (χ2n) is 6.23. The summed E-state index contributed by atoms with van der Waals surface area (Å²) in [5, 5.41) is 16.9. The van der Waals surface area contributed by atoms with Crippen LogP contribution >= 0.6 is 11.6 Å². The summed E-state index contributed by atoms with van der Waals surface area (Å²) in [6.07, 6.45) is 3.65. The van der Waals surface area contributed by atoms with E-state index in [4.69, 9.17) is 11.6 Å². The highest BCUT2D eigenvalue weighted by molar-refractivity contribution is 6.30. The van der Waals surface area contributed by atoms with Gasteiger partial charge in [-0.3, -0.25) is 0 Å². The number of fused-ring (bicyclic) bond motifs is 1. The van der Waals surface area contributed by atoms with Crippen molar-refractivity contribution in [1.29, 1.82) is 0 Å². The number of nitrogens with one attached hydrogen (secondary N) is 1. The molecule has 0 bridgehead atoms. The quantitative estimate of drug-likeness (QED) is 0.795. The van der Waals surface area contributed by atoms with Crippen LogP contribution in [0.5, 0.6) is 0 Å². The standard InChI is InChI=1S/C17H18ClN5/c1-12-20-21-16-8-7-15(22-23(12)16)19-11-17(9-2-10-17)13-3-5-14(18)6-4-13/h3-8H,2,9-11H2,1H3,(H,19,22). The van der Waals surface area contributed by atoms with Gasteiger partial charge in [0.25, 0.3) is 0 Å². The normalized spacial score (nSPS) is 16.3. The third-order valence-electron chi connectivity index (χ3n) is 4.79. The third-order valence-corrected chi connectivity index (χ3v) is 5.05. The van der Waals surface area contributed by atoms with Crippen molar-refractivity contribution in [3.05, 3.63) is 52.8 Å². The van der Waals surface area contributed by atoms with E-state index in [0.717, 1.165) is 28.9 Å². The van der Waals surface area contributed by atoms with Gasteiger partial charge in [0, 0.05) is 17.0 Å². The monoisotopic (exact) mass is 327 g/mol. The maximum atomic E-state index is 6.02. The van der Waals surface area contributed by atoms with Gasteiger partial charge in [0.05, 0.1) is 0 Å². The van der Waals surface area contributed by atoms with Gasteiger partial charge in [0.15, 0.2) is 11.5 Å². The Morgan fingerprint density at radius 3 is 2.61 bits per heavy atom. The molecule has 2 heterocycles. The van der Waals surface area contributed by atoms with Crippen molar-refractivity contribution in [2.75, 3.05) is 11.9 Å². The van der Waals surface area contributed by atoms with Crippen LogP contribution in [0.1, 0.15) is 30.7 Å². The van der Waals surface area contributed by atoms with Crippen molar-refractivity contribution >= 4 is 23.1 Å². The van der Waals surface area contributed by atoms with Crippen LogP contribution in [0, 0.1) is 6.92 Å². The maximum absolute atomic E-state index is 6.02. The van der Waals surface area contributed by atoms with Crippen LogP contribution in [0.15, 0.2) is 36.4 Å². The number of benzene rings is 1. The lowest BCUT2D eigenvalue weighted by atomic mass is 9.64. The highest BCUT2D eigenvalue weighted by Gasteiger charge is 2.38. The zero-order valence-corrected chi connectivity index (χ0v) is 13.7. The van der Waals surface area contributed by atoms with E-state index in [0.29, 0.717) is 0 Å². The van der Waals surface area contributed by atoms with E-state index in [1.807, 2.05) is 31.2 Å². The average Bonchev–Trinajstić information content (AvgIpc) is 2.89. The van der Waals surface area contributed by atoms with Crippen LogP contribution in [0.3, 0.4) is 0 Å². The summed E-state index contributed by atoms with van der Waals surface area (Å²) in [4.78, 5) is 0. The molecule has 5 nitrogen and oxygen atoms in total. The van der Waals surface area contributed by atoms with Gasteiger partial charge in [-0.05, 0) is 49.6 Å². The number of rotatable bonds is 4. The molecule has 23 heavy (non-hydrogen) atoms. The first kappa shape index (κ1) is 14.5. The molecule has 1 fully saturated rings. The van der Waals surface area contributed by atoms with Crippen LogP contribution in [0.4, 0.5) is 5.82 Å². The molecule has 3 aromatic rings. The predicted octanol–water partition coefficient (Wildman–Crippen LogP) is 3.62. The molecular weight excluding hydrogens is 310 g/mol. The Kier molecular flexibility index (Phi) is 3.45. The summed E-state index contributed by atoms with van der Waals surface area (Å²) >= 11 is 6.02. The number of halogens is 1. The maximum Gasteiger partial charge on any atom is 0.178 e. The second kappa shape index (κ2) is 5.49. The number of nitrogens with zero attached hydrogens (tertiary/aromatic N) is 4. The van der Waals surface area contributed by atoms with E-state index in [-0.39, 0.29) is 5.41 Å². The second-order valence-corrected chi connectivity index (χ2v) is 6.67. The molecule has 0 aliphatic heterocycles. The fourth-order valence-corrected chi connectivity index (χ4v) is 3.35. The Hall–Kier alpha value is -2.14. The first-order valence-corrected chi connectivity index (χ1v) is 8.23. The Labute approximate surface area is 139 Å². The van der Waals surface area contributed by atoms with Gasteiger partial charge in [-0.15, -0.1) is 15.3 Å². The highest BCUT2D eigenvalue weighted by atomic mass is 35.5. The SMILES string of the molecule is Cc1nnc2ccc(NCC3(c4ccc(Cl)cc4)CCC3)nn12. The molecule has 2 aromatic heterocycles. The minimum Gasteiger partial charge on any atom is -0.368 e. The number of hydrogen-bond donors (Lipinski definition) is 1. The Morgan fingerprint density at radius 2 is 1.91 bits per heavy atom. The molecule has 118 valence electrons. The number of hydrogen-bond acceptors (Lipinski definition) is 4. The zero-order chi connectivity index (χ0) is 15.9. The molecule has 1 aliphatic carbocycles. The van der Waals surface area contributed by atoms with Crippen LogP contribution in [-0.2, 0) is 5.41 Å². The van der Waals surface area contributed by atoms with Gasteiger partial charge >= 0.3 is 0 Å². The lowest BCUT2D eigenvalue weighted by Crippen LogP contribution is -2.41. The number of anilines is 1. The fraction of sp³-hybridized carbons (Fsp3) is 0.353. The largest absolute Gasteiger partial charge is 0.368 e. The minimum absolute atomic E-state index is 0.184. The van der Waals surface area contributed by atoms with Crippen molar-refractivity contribution in [2.45, 2.75) is 31.6 Å². The van der Waals surface area contributed by atoms with Crippen molar-refractivity contribution < 1.29 is 0 Å². The molecule has 6 heteroatoms. The summed E-state index contributed by atoms with van der Waals surface area (Å²) in [5.74, 6) is 1.64.